The Hall–Kier alpha value is -1.42. The van der Waals surface area contributed by atoms with Gasteiger partial charge in [-0.3, -0.25) is 0 Å². The Morgan fingerprint density at radius 2 is 2.05 bits per heavy atom. The van der Waals surface area contributed by atoms with Crippen LogP contribution in [-0.2, 0) is 0 Å². The van der Waals surface area contributed by atoms with Gasteiger partial charge >= 0.3 is 0 Å². The standard InChI is InChI=1S/C17H21FN2O/c18-14-8-13(14)12-6-7-20-10-19-9-15(20)16(12)17(21)11-4-2-1-3-5-11/h6-7,9-11,13-14,17,21H,1-5,8H2/t13-,14+,17?/m0/s1. The monoisotopic (exact) mass is 288 g/mol. The van der Waals surface area contributed by atoms with Crippen LogP contribution in [0.4, 0.5) is 4.39 Å². The number of pyridine rings is 1. The summed E-state index contributed by atoms with van der Waals surface area (Å²) in [6.07, 6.45) is 10.6. The summed E-state index contributed by atoms with van der Waals surface area (Å²) in [7, 11) is 0. The molecule has 0 amide bonds. The lowest BCUT2D eigenvalue weighted by atomic mass is 9.81. The van der Waals surface area contributed by atoms with Gasteiger partial charge in [-0.25, -0.2) is 9.37 Å². The predicted molar refractivity (Wildman–Crippen MR) is 79.0 cm³/mol. The van der Waals surface area contributed by atoms with Crippen LogP contribution in [0.3, 0.4) is 0 Å². The van der Waals surface area contributed by atoms with Gasteiger partial charge in [-0.1, -0.05) is 19.3 Å². The van der Waals surface area contributed by atoms with Crippen molar-refractivity contribution in [1.29, 1.82) is 0 Å². The molecule has 21 heavy (non-hydrogen) atoms. The smallest absolute Gasteiger partial charge is 0.108 e. The van der Waals surface area contributed by atoms with Crippen molar-refractivity contribution >= 4 is 5.52 Å². The Morgan fingerprint density at radius 1 is 1.29 bits per heavy atom. The highest BCUT2D eigenvalue weighted by atomic mass is 19.1. The molecule has 2 saturated carbocycles. The summed E-state index contributed by atoms with van der Waals surface area (Å²) < 4.78 is 15.5. The highest BCUT2D eigenvalue weighted by Crippen LogP contribution is 2.48. The van der Waals surface area contributed by atoms with Crippen molar-refractivity contribution in [1.82, 2.24) is 9.38 Å². The first-order chi connectivity index (χ1) is 10.3. The minimum Gasteiger partial charge on any atom is -0.388 e. The lowest BCUT2D eigenvalue weighted by Crippen LogP contribution is -2.18. The fourth-order valence-electron chi connectivity index (χ4n) is 3.85. The number of hydrogen-bond acceptors (Lipinski definition) is 2. The summed E-state index contributed by atoms with van der Waals surface area (Å²) in [5.41, 5.74) is 2.85. The van der Waals surface area contributed by atoms with Crippen molar-refractivity contribution in [3.05, 3.63) is 35.9 Å². The molecule has 0 aromatic carbocycles. The van der Waals surface area contributed by atoms with Crippen LogP contribution in [0.15, 0.2) is 24.8 Å². The lowest BCUT2D eigenvalue weighted by molar-refractivity contribution is 0.0849. The first-order valence-electron chi connectivity index (χ1n) is 8.02. The Kier molecular flexibility index (Phi) is 3.21. The Morgan fingerprint density at radius 3 is 2.76 bits per heavy atom. The van der Waals surface area contributed by atoms with E-state index in [1.54, 1.807) is 12.5 Å². The number of rotatable bonds is 3. The molecule has 0 aliphatic heterocycles. The van der Waals surface area contributed by atoms with Crippen LogP contribution < -0.4 is 0 Å². The van der Waals surface area contributed by atoms with E-state index in [-0.39, 0.29) is 5.92 Å². The number of hydrogen-bond donors (Lipinski definition) is 1. The van der Waals surface area contributed by atoms with E-state index in [9.17, 15) is 9.50 Å². The van der Waals surface area contributed by atoms with Gasteiger partial charge in [-0.15, -0.1) is 0 Å². The normalized spacial score (nSPS) is 27.9. The summed E-state index contributed by atoms with van der Waals surface area (Å²) in [6.45, 7) is 0. The van der Waals surface area contributed by atoms with Crippen LogP contribution in [0.2, 0.25) is 0 Å². The summed E-state index contributed by atoms with van der Waals surface area (Å²) in [5.74, 6) is 0.272. The third-order valence-corrected chi connectivity index (χ3v) is 5.17. The summed E-state index contributed by atoms with van der Waals surface area (Å²) in [5, 5.41) is 10.9. The second-order valence-electron chi connectivity index (χ2n) is 6.57. The molecule has 0 radical (unpaired) electrons. The number of alkyl halides is 1. The van der Waals surface area contributed by atoms with E-state index in [0.717, 1.165) is 29.5 Å². The van der Waals surface area contributed by atoms with E-state index in [1.807, 2.05) is 16.7 Å². The maximum atomic E-state index is 13.6. The Labute approximate surface area is 123 Å². The maximum Gasteiger partial charge on any atom is 0.108 e. The molecule has 2 aromatic rings. The van der Waals surface area contributed by atoms with E-state index in [0.29, 0.717) is 12.3 Å². The molecule has 4 heteroatoms. The molecular formula is C17H21FN2O. The molecule has 0 bridgehead atoms. The highest BCUT2D eigenvalue weighted by Gasteiger charge is 2.42. The second kappa shape index (κ2) is 5.09. The third kappa shape index (κ3) is 2.26. The number of fused-ring (bicyclic) bond motifs is 1. The average Bonchev–Trinajstić information content (AvgIpc) is 3.06. The van der Waals surface area contributed by atoms with Crippen LogP contribution in [0, 0.1) is 5.92 Å². The van der Waals surface area contributed by atoms with Crippen molar-refractivity contribution in [2.24, 2.45) is 5.92 Å². The van der Waals surface area contributed by atoms with Crippen LogP contribution in [-0.4, -0.2) is 20.7 Å². The van der Waals surface area contributed by atoms with Crippen molar-refractivity contribution in [3.63, 3.8) is 0 Å². The molecule has 1 N–H and O–H groups in total. The molecule has 2 aliphatic rings. The quantitative estimate of drug-likeness (QED) is 0.933. The number of aromatic nitrogens is 2. The molecule has 3 atom stereocenters. The molecule has 0 spiro atoms. The molecular weight excluding hydrogens is 267 g/mol. The first-order valence-corrected chi connectivity index (χ1v) is 8.02. The largest absolute Gasteiger partial charge is 0.388 e. The van der Waals surface area contributed by atoms with Crippen molar-refractivity contribution < 1.29 is 9.50 Å². The first kappa shape index (κ1) is 13.3. The summed E-state index contributed by atoms with van der Waals surface area (Å²) in [6, 6.07) is 1.97. The zero-order valence-corrected chi connectivity index (χ0v) is 12.1. The minimum absolute atomic E-state index is 0.0295. The molecule has 0 saturated heterocycles. The van der Waals surface area contributed by atoms with Gasteiger partial charge in [0.05, 0.1) is 24.1 Å². The fourth-order valence-corrected chi connectivity index (χ4v) is 3.85. The number of aliphatic hydroxyl groups is 1. The predicted octanol–water partition coefficient (Wildman–Crippen LogP) is 3.77. The fraction of sp³-hybridized carbons (Fsp3) is 0.588. The summed E-state index contributed by atoms with van der Waals surface area (Å²) >= 11 is 0. The molecule has 2 fully saturated rings. The van der Waals surface area contributed by atoms with Crippen LogP contribution >= 0.6 is 0 Å². The van der Waals surface area contributed by atoms with Crippen LogP contribution in [0.25, 0.3) is 5.52 Å². The Balaban J connectivity index is 1.78. The summed E-state index contributed by atoms with van der Waals surface area (Å²) in [4.78, 5) is 4.19. The van der Waals surface area contributed by atoms with E-state index < -0.39 is 12.3 Å². The van der Waals surface area contributed by atoms with Crippen molar-refractivity contribution in [2.75, 3.05) is 0 Å². The zero-order chi connectivity index (χ0) is 14.4. The van der Waals surface area contributed by atoms with E-state index >= 15 is 0 Å². The molecule has 2 heterocycles. The number of imidazole rings is 1. The van der Waals surface area contributed by atoms with E-state index in [1.165, 1.54) is 19.3 Å². The maximum absolute atomic E-state index is 13.6. The Bertz CT molecular complexity index is 647. The SMILES string of the molecule is OC(c1c([C@@H]2C[C@H]2F)ccn2cncc12)C1CCCCC1. The van der Waals surface area contributed by atoms with Crippen molar-refractivity contribution in [3.8, 4) is 0 Å². The van der Waals surface area contributed by atoms with Gasteiger partial charge < -0.3 is 9.51 Å². The zero-order valence-electron chi connectivity index (χ0n) is 12.1. The van der Waals surface area contributed by atoms with E-state index in [2.05, 4.69) is 4.98 Å². The van der Waals surface area contributed by atoms with Gasteiger partial charge in [0, 0.05) is 17.7 Å². The van der Waals surface area contributed by atoms with Crippen molar-refractivity contribution in [2.45, 2.75) is 56.7 Å². The lowest BCUT2D eigenvalue weighted by Gasteiger charge is -2.28. The van der Waals surface area contributed by atoms with Gasteiger partial charge in [0.25, 0.3) is 0 Å². The van der Waals surface area contributed by atoms with Gasteiger partial charge in [-0.05, 0) is 36.8 Å². The topological polar surface area (TPSA) is 37.5 Å². The van der Waals surface area contributed by atoms with Gasteiger partial charge in [0.2, 0.25) is 0 Å². The second-order valence-corrected chi connectivity index (χ2v) is 6.57. The van der Waals surface area contributed by atoms with E-state index in [4.69, 9.17) is 0 Å². The third-order valence-electron chi connectivity index (χ3n) is 5.17. The molecule has 2 aromatic heterocycles. The molecule has 112 valence electrons. The number of nitrogens with zero attached hydrogens (tertiary/aromatic N) is 2. The highest BCUT2D eigenvalue weighted by molar-refractivity contribution is 5.59. The molecule has 4 rings (SSSR count). The van der Waals surface area contributed by atoms with Gasteiger partial charge in [0.1, 0.15) is 6.17 Å². The minimum atomic E-state index is -0.743. The van der Waals surface area contributed by atoms with Crippen LogP contribution in [0.1, 0.15) is 61.7 Å². The van der Waals surface area contributed by atoms with Gasteiger partial charge in [0.15, 0.2) is 0 Å². The average molecular weight is 288 g/mol. The molecule has 2 aliphatic carbocycles. The molecule has 1 unspecified atom stereocenters. The van der Waals surface area contributed by atoms with Crippen LogP contribution in [0.5, 0.6) is 0 Å². The number of aliphatic hydroxyl groups excluding tert-OH is 1. The van der Waals surface area contributed by atoms with Gasteiger partial charge in [-0.2, -0.15) is 0 Å². The molecule has 3 nitrogen and oxygen atoms in total. The number of halogens is 1.